The van der Waals surface area contributed by atoms with Gasteiger partial charge in [0, 0.05) is 5.71 Å². The molecular weight excluding hydrogens is 98.1 g/mol. The van der Waals surface area contributed by atoms with Gasteiger partial charge in [-0.2, -0.15) is 0 Å². The molecule has 0 aliphatic heterocycles. The van der Waals surface area contributed by atoms with Gasteiger partial charge in [0.1, 0.15) is 0 Å². The molecule has 0 aliphatic carbocycles. The van der Waals surface area contributed by atoms with Crippen LogP contribution in [0.3, 0.4) is 0 Å². The van der Waals surface area contributed by atoms with E-state index >= 15 is 0 Å². The molecule has 1 heteroatoms. The first-order valence-corrected chi connectivity index (χ1v) is 3.25. The van der Waals surface area contributed by atoms with Gasteiger partial charge in [0.25, 0.3) is 0 Å². The Kier molecular flexibility index (Phi) is 3.49. The summed E-state index contributed by atoms with van der Waals surface area (Å²) in [5, 5.41) is 7.34. The van der Waals surface area contributed by atoms with Gasteiger partial charge < -0.3 is 5.41 Å². The second-order valence-corrected chi connectivity index (χ2v) is 2.43. The van der Waals surface area contributed by atoms with Crippen molar-refractivity contribution in [2.45, 2.75) is 33.6 Å². The second-order valence-electron chi connectivity index (χ2n) is 2.43. The molecule has 0 heterocycles. The molecule has 0 saturated carbocycles. The summed E-state index contributed by atoms with van der Waals surface area (Å²) in [6.45, 7) is 6.24. The second kappa shape index (κ2) is 3.65. The lowest BCUT2D eigenvalue weighted by atomic mass is 10.0. The lowest BCUT2D eigenvalue weighted by Gasteiger charge is -2.03. The van der Waals surface area contributed by atoms with E-state index in [4.69, 9.17) is 5.41 Å². The van der Waals surface area contributed by atoms with Gasteiger partial charge in [-0.3, -0.25) is 0 Å². The lowest BCUT2D eigenvalue weighted by Crippen LogP contribution is -2.03. The molecule has 8 heavy (non-hydrogen) atoms. The molecule has 1 N–H and O–H groups in total. The summed E-state index contributed by atoms with van der Waals surface area (Å²) in [6.07, 6.45) is 2.08. The van der Waals surface area contributed by atoms with Crippen LogP contribution >= 0.6 is 0 Å². The Balaban J connectivity index is 3.33. The summed E-state index contributed by atoms with van der Waals surface area (Å²) in [6, 6.07) is 0. The minimum Gasteiger partial charge on any atom is -0.309 e. The third-order valence-corrected chi connectivity index (χ3v) is 1.22. The van der Waals surface area contributed by atoms with Crippen molar-refractivity contribution >= 4 is 5.71 Å². The minimum absolute atomic E-state index is 0.454. The van der Waals surface area contributed by atoms with Crippen molar-refractivity contribution in [1.82, 2.24) is 0 Å². The van der Waals surface area contributed by atoms with Crippen LogP contribution in [0.25, 0.3) is 0 Å². The Morgan fingerprint density at radius 1 is 1.50 bits per heavy atom. The first kappa shape index (κ1) is 7.67. The maximum Gasteiger partial charge on any atom is 0.0114 e. The van der Waals surface area contributed by atoms with Crippen molar-refractivity contribution in [1.29, 1.82) is 5.41 Å². The summed E-state index contributed by atoms with van der Waals surface area (Å²) in [7, 11) is 0. The van der Waals surface area contributed by atoms with Crippen molar-refractivity contribution in [3.63, 3.8) is 0 Å². The zero-order valence-electron chi connectivity index (χ0n) is 5.99. The van der Waals surface area contributed by atoms with E-state index in [0.29, 0.717) is 5.92 Å². The fraction of sp³-hybridized carbons (Fsp3) is 0.857. The van der Waals surface area contributed by atoms with Gasteiger partial charge in [0.05, 0.1) is 0 Å². The van der Waals surface area contributed by atoms with E-state index < -0.39 is 0 Å². The van der Waals surface area contributed by atoms with Crippen LogP contribution < -0.4 is 0 Å². The summed E-state index contributed by atoms with van der Waals surface area (Å²) in [4.78, 5) is 0. The third kappa shape index (κ3) is 2.78. The number of hydrogen-bond donors (Lipinski definition) is 1. The monoisotopic (exact) mass is 113 g/mol. The smallest absolute Gasteiger partial charge is 0.0114 e. The van der Waals surface area contributed by atoms with Crippen LogP contribution in [0.4, 0.5) is 0 Å². The molecule has 0 saturated heterocycles. The Hall–Kier alpha value is -0.330. The van der Waals surface area contributed by atoms with Gasteiger partial charge in [-0.1, -0.05) is 27.2 Å². The van der Waals surface area contributed by atoms with E-state index in [1.54, 1.807) is 0 Å². The summed E-state index contributed by atoms with van der Waals surface area (Å²) in [5.41, 5.74) is 0.882. The van der Waals surface area contributed by atoms with E-state index in [1.807, 2.05) is 0 Å². The highest BCUT2D eigenvalue weighted by atomic mass is 14.4. The molecule has 0 aromatic carbocycles. The Morgan fingerprint density at radius 2 is 2.00 bits per heavy atom. The molecule has 0 aromatic heterocycles. The zero-order valence-corrected chi connectivity index (χ0v) is 5.99. The molecule has 0 rings (SSSR count). The Morgan fingerprint density at radius 3 is 2.12 bits per heavy atom. The molecule has 48 valence electrons. The van der Waals surface area contributed by atoms with Gasteiger partial charge in [0.2, 0.25) is 0 Å². The van der Waals surface area contributed by atoms with E-state index in [1.165, 1.54) is 0 Å². The minimum atomic E-state index is 0.454. The van der Waals surface area contributed by atoms with Gasteiger partial charge >= 0.3 is 0 Å². The molecular formula is C7H15N. The van der Waals surface area contributed by atoms with Crippen LogP contribution in [0.2, 0.25) is 0 Å². The van der Waals surface area contributed by atoms with Crippen molar-refractivity contribution in [2.75, 3.05) is 0 Å². The lowest BCUT2D eigenvalue weighted by molar-refractivity contribution is 0.820. The molecule has 0 radical (unpaired) electrons. The number of hydrogen-bond acceptors (Lipinski definition) is 1. The van der Waals surface area contributed by atoms with Gasteiger partial charge in [-0.05, 0) is 12.3 Å². The summed E-state index contributed by atoms with van der Waals surface area (Å²) in [5.74, 6) is 0.454. The zero-order chi connectivity index (χ0) is 6.57. The molecule has 0 spiro atoms. The van der Waals surface area contributed by atoms with Gasteiger partial charge in [-0.25, -0.2) is 0 Å². The van der Waals surface area contributed by atoms with Crippen LogP contribution in [-0.2, 0) is 0 Å². The molecule has 0 bridgehead atoms. The maximum absolute atomic E-state index is 7.34. The van der Waals surface area contributed by atoms with Crippen molar-refractivity contribution in [3.8, 4) is 0 Å². The maximum atomic E-state index is 7.34. The topological polar surface area (TPSA) is 23.9 Å². The number of rotatable bonds is 3. The SMILES string of the molecule is CCCC(=N)C(C)C. The van der Waals surface area contributed by atoms with Crippen molar-refractivity contribution in [3.05, 3.63) is 0 Å². The van der Waals surface area contributed by atoms with Crippen molar-refractivity contribution < 1.29 is 0 Å². The predicted molar refractivity (Wildman–Crippen MR) is 37.5 cm³/mol. The summed E-state index contributed by atoms with van der Waals surface area (Å²) < 4.78 is 0. The van der Waals surface area contributed by atoms with Crippen LogP contribution in [0, 0.1) is 11.3 Å². The molecule has 0 atom stereocenters. The van der Waals surface area contributed by atoms with Crippen LogP contribution in [-0.4, -0.2) is 5.71 Å². The number of nitrogens with one attached hydrogen (secondary N) is 1. The van der Waals surface area contributed by atoms with Gasteiger partial charge in [0.15, 0.2) is 0 Å². The van der Waals surface area contributed by atoms with E-state index in [-0.39, 0.29) is 0 Å². The van der Waals surface area contributed by atoms with E-state index in [9.17, 15) is 0 Å². The van der Waals surface area contributed by atoms with Crippen LogP contribution in [0.5, 0.6) is 0 Å². The highest BCUT2D eigenvalue weighted by molar-refractivity contribution is 5.82. The fourth-order valence-electron chi connectivity index (χ4n) is 0.558. The van der Waals surface area contributed by atoms with E-state index in [0.717, 1.165) is 18.6 Å². The van der Waals surface area contributed by atoms with Gasteiger partial charge in [-0.15, -0.1) is 0 Å². The molecule has 0 unspecified atom stereocenters. The highest BCUT2D eigenvalue weighted by Crippen LogP contribution is 2.00. The molecule has 0 aliphatic rings. The Bertz CT molecular complexity index is 74.5. The quantitative estimate of drug-likeness (QED) is 0.544. The Labute approximate surface area is 51.6 Å². The third-order valence-electron chi connectivity index (χ3n) is 1.22. The fourth-order valence-corrected chi connectivity index (χ4v) is 0.558. The largest absolute Gasteiger partial charge is 0.309 e. The molecule has 0 aromatic rings. The predicted octanol–water partition coefficient (Wildman–Crippen LogP) is 2.46. The van der Waals surface area contributed by atoms with E-state index in [2.05, 4.69) is 20.8 Å². The molecule has 1 nitrogen and oxygen atoms in total. The average molecular weight is 113 g/mol. The normalized spacial score (nSPS) is 10.0. The van der Waals surface area contributed by atoms with Crippen LogP contribution in [0.15, 0.2) is 0 Å². The molecule has 0 fully saturated rings. The standard InChI is InChI=1S/C7H15N/c1-4-5-7(8)6(2)3/h6,8H,4-5H2,1-3H3. The first-order valence-electron chi connectivity index (χ1n) is 3.25. The average Bonchev–Trinajstić information content (AvgIpc) is 1.67. The molecule has 0 amide bonds. The van der Waals surface area contributed by atoms with Crippen LogP contribution in [0.1, 0.15) is 33.6 Å². The summed E-state index contributed by atoms with van der Waals surface area (Å²) >= 11 is 0. The first-order chi connectivity index (χ1) is 3.68. The highest BCUT2D eigenvalue weighted by Gasteiger charge is 1.98. The van der Waals surface area contributed by atoms with Crippen molar-refractivity contribution in [2.24, 2.45) is 5.92 Å².